The molecular formula is C22H20F2N4O. The fourth-order valence-corrected chi connectivity index (χ4v) is 3.30. The number of halogens is 2. The van der Waals surface area contributed by atoms with Gasteiger partial charge in [-0.05, 0) is 44.4 Å². The van der Waals surface area contributed by atoms with Crippen LogP contribution in [0.3, 0.4) is 0 Å². The Morgan fingerprint density at radius 2 is 1.86 bits per heavy atom. The molecule has 0 aliphatic rings. The highest BCUT2D eigenvalue weighted by molar-refractivity contribution is 6.13. The van der Waals surface area contributed by atoms with E-state index in [-0.39, 0.29) is 11.6 Å². The Labute approximate surface area is 166 Å². The van der Waals surface area contributed by atoms with Crippen molar-refractivity contribution < 1.29 is 13.6 Å². The minimum atomic E-state index is -0.964. The number of amides is 1. The molecule has 7 heteroatoms. The van der Waals surface area contributed by atoms with Crippen LogP contribution in [-0.2, 0) is 0 Å². The maximum absolute atomic E-state index is 13.9. The van der Waals surface area contributed by atoms with E-state index < -0.39 is 11.6 Å². The molecule has 1 amide bonds. The van der Waals surface area contributed by atoms with Gasteiger partial charge in [0.15, 0.2) is 11.6 Å². The summed E-state index contributed by atoms with van der Waals surface area (Å²) in [5.41, 5.74) is 2.56. The molecule has 4 aromatic rings. The smallest absolute Gasteiger partial charge is 0.269 e. The van der Waals surface area contributed by atoms with Crippen LogP contribution in [0.15, 0.2) is 48.5 Å². The number of likely N-dealkylation sites (N-methyl/N-ethyl adjacent to an activating group) is 1. The average Bonchev–Trinajstić information content (AvgIpc) is 3.07. The zero-order chi connectivity index (χ0) is 20.5. The summed E-state index contributed by atoms with van der Waals surface area (Å²) >= 11 is 0. The molecule has 0 saturated heterocycles. The summed E-state index contributed by atoms with van der Waals surface area (Å²) in [7, 11) is 3.84. The minimum Gasteiger partial charge on any atom is -0.353 e. The Morgan fingerprint density at radius 1 is 1.07 bits per heavy atom. The average molecular weight is 394 g/mol. The van der Waals surface area contributed by atoms with Crippen molar-refractivity contribution in [1.82, 2.24) is 20.2 Å². The first-order valence-corrected chi connectivity index (χ1v) is 9.24. The van der Waals surface area contributed by atoms with E-state index >= 15 is 0 Å². The Hall–Kier alpha value is -3.32. The molecule has 0 atom stereocenters. The summed E-state index contributed by atoms with van der Waals surface area (Å²) < 4.78 is 27.3. The number of aromatic nitrogens is 2. The van der Waals surface area contributed by atoms with E-state index in [1.165, 1.54) is 6.07 Å². The molecule has 29 heavy (non-hydrogen) atoms. The number of nitrogens with zero attached hydrogens (tertiary/aromatic N) is 2. The number of fused-ring (bicyclic) bond motifs is 3. The third-order valence-electron chi connectivity index (χ3n) is 4.77. The van der Waals surface area contributed by atoms with Crippen LogP contribution in [0.5, 0.6) is 0 Å². The molecule has 0 bridgehead atoms. The van der Waals surface area contributed by atoms with Crippen molar-refractivity contribution in [2.24, 2.45) is 0 Å². The molecule has 148 valence electrons. The Morgan fingerprint density at radius 3 is 2.62 bits per heavy atom. The first-order valence-electron chi connectivity index (χ1n) is 9.24. The van der Waals surface area contributed by atoms with Crippen LogP contribution >= 0.6 is 0 Å². The van der Waals surface area contributed by atoms with Gasteiger partial charge in [0, 0.05) is 34.9 Å². The van der Waals surface area contributed by atoms with E-state index in [9.17, 15) is 13.6 Å². The van der Waals surface area contributed by atoms with Crippen LogP contribution in [0, 0.1) is 11.6 Å². The van der Waals surface area contributed by atoms with E-state index in [1.54, 1.807) is 6.07 Å². The lowest BCUT2D eigenvalue weighted by molar-refractivity contribution is 0.0946. The summed E-state index contributed by atoms with van der Waals surface area (Å²) in [6.07, 6.45) is 0. The highest BCUT2D eigenvalue weighted by atomic mass is 19.2. The van der Waals surface area contributed by atoms with Crippen LogP contribution in [0.4, 0.5) is 8.78 Å². The summed E-state index contributed by atoms with van der Waals surface area (Å²) in [5, 5.41) is 4.57. The van der Waals surface area contributed by atoms with Crippen molar-refractivity contribution in [2.75, 3.05) is 27.2 Å². The molecule has 2 aromatic heterocycles. The van der Waals surface area contributed by atoms with Gasteiger partial charge in [-0.3, -0.25) is 4.79 Å². The predicted molar refractivity (Wildman–Crippen MR) is 110 cm³/mol. The molecule has 5 nitrogen and oxygen atoms in total. The van der Waals surface area contributed by atoms with Gasteiger partial charge in [-0.15, -0.1) is 0 Å². The number of rotatable bonds is 5. The number of hydrogen-bond acceptors (Lipinski definition) is 3. The number of aromatic amines is 1. The lowest BCUT2D eigenvalue weighted by Crippen LogP contribution is -2.31. The number of hydrogen-bond donors (Lipinski definition) is 2. The number of H-pyrrole nitrogens is 1. The fraction of sp³-hybridized carbons (Fsp3) is 0.182. The highest BCUT2D eigenvalue weighted by Crippen LogP contribution is 2.33. The first kappa shape index (κ1) is 19.0. The fourth-order valence-electron chi connectivity index (χ4n) is 3.30. The lowest BCUT2D eigenvalue weighted by Gasteiger charge is -2.11. The monoisotopic (exact) mass is 394 g/mol. The number of nitrogens with one attached hydrogen (secondary N) is 2. The summed E-state index contributed by atoms with van der Waals surface area (Å²) in [5.74, 6) is -2.21. The Bertz CT molecular complexity index is 1220. The third-order valence-corrected chi connectivity index (χ3v) is 4.77. The summed E-state index contributed by atoms with van der Waals surface area (Å²) in [6, 6.07) is 13.0. The van der Waals surface area contributed by atoms with Gasteiger partial charge >= 0.3 is 0 Å². The number of carbonyl (C=O) groups is 1. The van der Waals surface area contributed by atoms with Gasteiger partial charge < -0.3 is 15.2 Å². The van der Waals surface area contributed by atoms with E-state index in [1.807, 2.05) is 43.3 Å². The van der Waals surface area contributed by atoms with E-state index in [2.05, 4.69) is 15.3 Å². The molecule has 0 saturated carbocycles. The standard InChI is InChI=1S/C22H20F2N4O/c1-28(2)10-9-25-22(29)19-12-15-14-5-3-4-6-18(14)26-21(15)20(27-19)13-7-8-16(23)17(24)11-13/h3-8,11-12,26H,9-10H2,1-2H3,(H,25,29). The van der Waals surface area contributed by atoms with Crippen molar-refractivity contribution >= 4 is 27.7 Å². The van der Waals surface area contributed by atoms with Crippen molar-refractivity contribution in [2.45, 2.75) is 0 Å². The van der Waals surface area contributed by atoms with Crippen LogP contribution in [0.1, 0.15) is 10.5 Å². The third kappa shape index (κ3) is 3.69. The topological polar surface area (TPSA) is 61.0 Å². The van der Waals surface area contributed by atoms with Crippen molar-refractivity contribution in [3.05, 3.63) is 65.9 Å². The van der Waals surface area contributed by atoms with Gasteiger partial charge in [0.2, 0.25) is 0 Å². The molecule has 0 unspecified atom stereocenters. The van der Waals surface area contributed by atoms with Gasteiger partial charge in [-0.2, -0.15) is 0 Å². The second kappa shape index (κ2) is 7.60. The molecule has 2 aromatic carbocycles. The molecule has 0 aliphatic carbocycles. The molecule has 0 radical (unpaired) electrons. The molecule has 2 N–H and O–H groups in total. The van der Waals surface area contributed by atoms with Gasteiger partial charge in [0.25, 0.3) is 5.91 Å². The maximum atomic E-state index is 13.9. The van der Waals surface area contributed by atoms with E-state index in [0.29, 0.717) is 29.9 Å². The van der Waals surface area contributed by atoms with Crippen LogP contribution in [0.25, 0.3) is 33.1 Å². The zero-order valence-electron chi connectivity index (χ0n) is 16.1. The van der Waals surface area contributed by atoms with Gasteiger partial charge in [0.1, 0.15) is 5.69 Å². The molecule has 4 rings (SSSR count). The zero-order valence-corrected chi connectivity index (χ0v) is 16.1. The first-order chi connectivity index (χ1) is 13.9. The highest BCUT2D eigenvalue weighted by Gasteiger charge is 2.18. The van der Waals surface area contributed by atoms with Crippen LogP contribution in [0.2, 0.25) is 0 Å². The second-order valence-corrected chi connectivity index (χ2v) is 7.14. The SMILES string of the molecule is CN(C)CCNC(=O)c1cc2c([nH]c3ccccc32)c(-c2ccc(F)c(F)c2)n1. The largest absolute Gasteiger partial charge is 0.353 e. The van der Waals surface area contributed by atoms with Crippen LogP contribution in [-0.4, -0.2) is 48.0 Å². The van der Waals surface area contributed by atoms with E-state index in [4.69, 9.17) is 0 Å². The molecule has 0 aliphatic heterocycles. The normalized spacial score (nSPS) is 11.5. The quantitative estimate of drug-likeness (QED) is 0.539. The van der Waals surface area contributed by atoms with Gasteiger partial charge in [-0.25, -0.2) is 13.8 Å². The van der Waals surface area contributed by atoms with E-state index in [0.717, 1.165) is 28.4 Å². The van der Waals surface area contributed by atoms with Crippen molar-refractivity contribution in [1.29, 1.82) is 0 Å². The molecule has 2 heterocycles. The lowest BCUT2D eigenvalue weighted by atomic mass is 10.1. The van der Waals surface area contributed by atoms with Crippen molar-refractivity contribution in [3.8, 4) is 11.3 Å². The minimum absolute atomic E-state index is 0.223. The Kier molecular flexibility index (Phi) is 4.98. The Balaban J connectivity index is 1.88. The number of carbonyl (C=O) groups excluding carboxylic acids is 1. The van der Waals surface area contributed by atoms with Gasteiger partial charge in [-0.1, -0.05) is 18.2 Å². The number of pyridine rings is 1. The summed E-state index contributed by atoms with van der Waals surface area (Å²) in [6.45, 7) is 1.16. The molecule has 0 spiro atoms. The molecule has 0 fully saturated rings. The summed E-state index contributed by atoms with van der Waals surface area (Å²) in [4.78, 5) is 22.4. The van der Waals surface area contributed by atoms with Gasteiger partial charge in [0.05, 0.1) is 11.2 Å². The van der Waals surface area contributed by atoms with Crippen LogP contribution < -0.4 is 5.32 Å². The number of benzene rings is 2. The second-order valence-electron chi connectivity index (χ2n) is 7.14. The van der Waals surface area contributed by atoms with Crippen molar-refractivity contribution in [3.63, 3.8) is 0 Å². The number of para-hydroxylation sites is 1. The predicted octanol–water partition coefficient (Wildman–Crippen LogP) is 3.95. The maximum Gasteiger partial charge on any atom is 0.269 e. The molecular weight excluding hydrogens is 374 g/mol.